The summed E-state index contributed by atoms with van der Waals surface area (Å²) in [5.74, 6) is -5.45. The summed E-state index contributed by atoms with van der Waals surface area (Å²) in [7, 11) is 0. The molecule has 9 heteroatoms. The van der Waals surface area contributed by atoms with Crippen molar-refractivity contribution in [2.75, 3.05) is 6.61 Å². The van der Waals surface area contributed by atoms with Crippen molar-refractivity contribution < 1.29 is 27.8 Å². The van der Waals surface area contributed by atoms with E-state index in [1.54, 1.807) is 25.1 Å². The second-order valence-corrected chi connectivity index (χ2v) is 6.86. The maximum atomic E-state index is 15.6. The maximum Gasteiger partial charge on any atom is 0.319 e. The Morgan fingerprint density at radius 3 is 2.43 bits per heavy atom. The normalized spacial score (nSPS) is 18.2. The van der Waals surface area contributed by atoms with Gasteiger partial charge in [-0.2, -0.15) is 8.78 Å². The molecule has 0 saturated heterocycles. The number of Topliss-reactive ketones (excluding diaryl/α,β-unsaturated/α-hetero) is 1. The number of rotatable bonds is 7. The minimum atomic E-state index is -4.00. The zero-order chi connectivity index (χ0) is 21.9. The molecule has 1 atom stereocenters. The molecule has 2 aromatic rings. The van der Waals surface area contributed by atoms with E-state index in [0.29, 0.717) is 0 Å². The highest BCUT2D eigenvalue weighted by Crippen LogP contribution is 2.46. The molecule has 0 saturated carbocycles. The van der Waals surface area contributed by atoms with Gasteiger partial charge in [0.25, 0.3) is 5.24 Å². The topological polar surface area (TPSA) is 65.5 Å². The Labute approximate surface area is 180 Å². The lowest BCUT2D eigenvalue weighted by Gasteiger charge is -2.34. The molecular weight excluding hydrogens is 439 g/mol. The van der Waals surface area contributed by atoms with Crippen LogP contribution in [-0.4, -0.2) is 34.6 Å². The van der Waals surface area contributed by atoms with Crippen molar-refractivity contribution in [3.8, 4) is 5.75 Å². The van der Waals surface area contributed by atoms with E-state index in [1.807, 2.05) is 0 Å². The van der Waals surface area contributed by atoms with Crippen LogP contribution < -0.4 is 4.74 Å². The number of ether oxygens (including phenoxy) is 2. The van der Waals surface area contributed by atoms with Gasteiger partial charge in [0.15, 0.2) is 17.6 Å². The number of hydrogen-bond acceptors (Lipinski definition) is 5. The van der Waals surface area contributed by atoms with Crippen molar-refractivity contribution in [1.29, 1.82) is 0 Å². The largest absolute Gasteiger partial charge is 0.492 e. The quantitative estimate of drug-likeness (QED) is 0.440. The summed E-state index contributed by atoms with van der Waals surface area (Å²) in [5, 5.41) is -1.93. The molecule has 1 aromatic heterocycles. The molecule has 30 heavy (non-hydrogen) atoms. The molecule has 1 unspecified atom stereocenters. The Bertz CT molecular complexity index is 1020. The van der Waals surface area contributed by atoms with Crippen LogP contribution >= 0.6 is 23.2 Å². The predicted octanol–water partition coefficient (Wildman–Crippen LogP) is 4.91. The van der Waals surface area contributed by atoms with E-state index in [1.165, 1.54) is 30.5 Å². The highest BCUT2D eigenvalue weighted by Gasteiger charge is 2.57. The molecule has 1 aliphatic carbocycles. The summed E-state index contributed by atoms with van der Waals surface area (Å²) in [6.07, 6.45) is 0.294. The van der Waals surface area contributed by atoms with Gasteiger partial charge in [0.1, 0.15) is 11.3 Å². The Kier molecular flexibility index (Phi) is 6.53. The van der Waals surface area contributed by atoms with E-state index in [-0.39, 0.29) is 17.9 Å². The van der Waals surface area contributed by atoms with Gasteiger partial charge in [-0.25, -0.2) is 0 Å². The number of ketones is 1. The first-order valence-corrected chi connectivity index (χ1v) is 9.56. The molecule has 1 aliphatic rings. The molecule has 0 amide bonds. The minimum absolute atomic E-state index is 0.0167. The van der Waals surface area contributed by atoms with E-state index in [2.05, 4.69) is 4.98 Å². The number of nitrogens with zero attached hydrogens (tertiary/aromatic N) is 1. The average Bonchev–Trinajstić information content (AvgIpc) is 2.72. The summed E-state index contributed by atoms with van der Waals surface area (Å²) in [5.41, 5.74) is -1.84. The molecule has 0 aliphatic heterocycles. The van der Waals surface area contributed by atoms with Crippen molar-refractivity contribution in [3.05, 3.63) is 82.4 Å². The lowest BCUT2D eigenvalue weighted by atomic mass is 9.86. The lowest BCUT2D eigenvalue weighted by Crippen LogP contribution is -2.48. The van der Waals surface area contributed by atoms with Gasteiger partial charge < -0.3 is 9.47 Å². The number of benzene rings is 1. The van der Waals surface area contributed by atoms with Crippen LogP contribution in [0.4, 0.5) is 8.78 Å². The Morgan fingerprint density at radius 2 is 1.87 bits per heavy atom. The average molecular weight is 454 g/mol. The van der Waals surface area contributed by atoms with Crippen LogP contribution in [-0.2, 0) is 9.53 Å². The molecule has 1 aromatic carbocycles. The Morgan fingerprint density at radius 1 is 1.17 bits per heavy atom. The molecule has 1 heterocycles. The number of hydrogen-bond donors (Lipinski definition) is 0. The minimum Gasteiger partial charge on any atom is -0.492 e. The van der Waals surface area contributed by atoms with Crippen LogP contribution in [0.2, 0.25) is 0 Å². The zero-order valence-corrected chi connectivity index (χ0v) is 17.1. The third-order valence-electron chi connectivity index (χ3n) is 4.24. The van der Waals surface area contributed by atoms with E-state index in [0.717, 1.165) is 6.20 Å². The van der Waals surface area contributed by atoms with Crippen LogP contribution in [0.1, 0.15) is 17.3 Å². The summed E-state index contributed by atoms with van der Waals surface area (Å²) < 4.78 is 42.0. The van der Waals surface area contributed by atoms with E-state index in [4.69, 9.17) is 32.7 Å². The highest BCUT2D eigenvalue weighted by atomic mass is 35.5. The number of pyridine rings is 1. The first-order valence-electron chi connectivity index (χ1n) is 8.80. The maximum absolute atomic E-state index is 15.6. The van der Waals surface area contributed by atoms with Crippen LogP contribution in [0.25, 0.3) is 0 Å². The molecule has 0 bridgehead atoms. The number of halogens is 4. The monoisotopic (exact) mass is 453 g/mol. The summed E-state index contributed by atoms with van der Waals surface area (Å²) in [6, 6.07) is 10.4. The van der Waals surface area contributed by atoms with Crippen molar-refractivity contribution in [3.63, 3.8) is 0 Å². The highest BCUT2D eigenvalue weighted by molar-refractivity contribution is 6.68. The number of para-hydroxylation sites is 1. The lowest BCUT2D eigenvalue weighted by molar-refractivity contribution is -0.113. The van der Waals surface area contributed by atoms with Gasteiger partial charge in [-0.15, -0.1) is 0 Å². The fourth-order valence-corrected chi connectivity index (χ4v) is 3.50. The van der Waals surface area contributed by atoms with Gasteiger partial charge in [0, 0.05) is 18.0 Å². The fourth-order valence-electron chi connectivity index (χ4n) is 2.95. The van der Waals surface area contributed by atoms with Crippen LogP contribution in [0, 0.1) is 0 Å². The number of aromatic nitrogens is 1. The van der Waals surface area contributed by atoms with Crippen molar-refractivity contribution >= 4 is 34.2 Å². The standard InChI is InChI=1S/C21H15Cl2F2NO4/c1-2-29-18-14(20(23)28)19(30-13-8-4-3-5-9-13)21(24,25)15(16(18)22)17(27)12-7-6-10-26-11-12/h3-11,19H,2H2,1H3. The van der Waals surface area contributed by atoms with Gasteiger partial charge in [-0.05, 0) is 42.8 Å². The van der Waals surface area contributed by atoms with Crippen LogP contribution in [0.3, 0.4) is 0 Å². The zero-order valence-electron chi connectivity index (χ0n) is 15.6. The second-order valence-electron chi connectivity index (χ2n) is 6.14. The Balaban J connectivity index is 2.22. The van der Waals surface area contributed by atoms with E-state index < -0.39 is 45.0 Å². The molecule has 0 fully saturated rings. The number of allylic oxidation sites excluding steroid dienone is 1. The van der Waals surface area contributed by atoms with Gasteiger partial charge in [0.2, 0.25) is 0 Å². The third kappa shape index (κ3) is 4.08. The summed E-state index contributed by atoms with van der Waals surface area (Å²) >= 11 is 11.8. The molecule has 5 nitrogen and oxygen atoms in total. The summed E-state index contributed by atoms with van der Waals surface area (Å²) in [4.78, 5) is 28.8. The summed E-state index contributed by atoms with van der Waals surface area (Å²) in [6.45, 7) is 1.55. The number of carbonyl (C=O) groups is 2. The fraction of sp³-hybridized carbons (Fsp3) is 0.190. The number of alkyl halides is 2. The SMILES string of the molecule is CCOC1=C(C(=O)Cl)C(Oc2ccccc2)C(F)(F)C(C(=O)c2cccnc2)=C1Cl. The molecular formula is C21H15Cl2F2NO4. The molecule has 0 N–H and O–H groups in total. The first kappa shape index (κ1) is 21.9. The van der Waals surface area contributed by atoms with Crippen molar-refractivity contribution in [2.45, 2.75) is 19.0 Å². The third-order valence-corrected chi connectivity index (χ3v) is 4.80. The molecule has 0 radical (unpaired) electrons. The van der Waals surface area contributed by atoms with Gasteiger partial charge in [-0.3, -0.25) is 14.6 Å². The first-order chi connectivity index (χ1) is 14.3. The Hall–Kier alpha value is -2.77. The van der Waals surface area contributed by atoms with Crippen molar-refractivity contribution in [1.82, 2.24) is 4.98 Å². The number of carbonyl (C=O) groups excluding carboxylic acids is 2. The van der Waals surface area contributed by atoms with Crippen molar-refractivity contribution in [2.24, 2.45) is 0 Å². The second kappa shape index (κ2) is 8.93. The molecule has 0 spiro atoms. The van der Waals surface area contributed by atoms with Crippen LogP contribution in [0.15, 0.2) is 76.8 Å². The van der Waals surface area contributed by atoms with Gasteiger partial charge in [-0.1, -0.05) is 29.8 Å². The smallest absolute Gasteiger partial charge is 0.319 e. The molecule has 156 valence electrons. The predicted molar refractivity (Wildman–Crippen MR) is 107 cm³/mol. The van der Waals surface area contributed by atoms with E-state index >= 15 is 8.78 Å². The molecule has 3 rings (SSSR count). The van der Waals surface area contributed by atoms with Gasteiger partial charge >= 0.3 is 5.92 Å². The van der Waals surface area contributed by atoms with E-state index in [9.17, 15) is 9.59 Å². The van der Waals surface area contributed by atoms with Crippen LogP contribution in [0.5, 0.6) is 5.75 Å². The van der Waals surface area contributed by atoms with Gasteiger partial charge in [0.05, 0.1) is 17.2 Å².